The van der Waals surface area contributed by atoms with Crippen LogP contribution in [0.2, 0.25) is 0 Å². The van der Waals surface area contributed by atoms with Crippen molar-refractivity contribution in [2.45, 2.75) is 83.5 Å². The van der Waals surface area contributed by atoms with Crippen molar-refractivity contribution in [2.75, 3.05) is 34.2 Å². The number of guanidine groups is 1. The molecular weight excluding hydrogens is 481 g/mol. The third-order valence-corrected chi connectivity index (χ3v) is 5.81. The third kappa shape index (κ3) is 8.47. The lowest BCUT2D eigenvalue weighted by molar-refractivity contribution is 0.0278. The van der Waals surface area contributed by atoms with E-state index in [9.17, 15) is 4.79 Å². The number of rotatable bonds is 5. The molecule has 2 saturated heterocycles. The molecule has 2 aliphatic heterocycles. The van der Waals surface area contributed by atoms with E-state index in [1.54, 1.807) is 11.9 Å². The van der Waals surface area contributed by atoms with Crippen molar-refractivity contribution < 1.29 is 9.53 Å². The molecule has 170 valence electrons. The average Bonchev–Trinajstić information content (AvgIpc) is 2.57. The fourth-order valence-corrected chi connectivity index (χ4v) is 4.34. The molecular formula is C21H42IN5O2. The van der Waals surface area contributed by atoms with E-state index in [1.807, 2.05) is 27.8 Å². The lowest BCUT2D eigenvalue weighted by atomic mass is 9.82. The van der Waals surface area contributed by atoms with Crippen LogP contribution in [-0.4, -0.2) is 79.8 Å². The molecule has 0 aromatic carbocycles. The fourth-order valence-electron chi connectivity index (χ4n) is 4.34. The number of halogens is 1. The summed E-state index contributed by atoms with van der Waals surface area (Å²) in [6.07, 6.45) is 6.08. The highest BCUT2D eigenvalue weighted by atomic mass is 127. The van der Waals surface area contributed by atoms with Gasteiger partial charge in [-0.3, -0.25) is 4.99 Å². The third-order valence-electron chi connectivity index (χ3n) is 5.81. The van der Waals surface area contributed by atoms with Gasteiger partial charge < -0.3 is 25.2 Å². The highest BCUT2D eigenvalue weighted by molar-refractivity contribution is 14.0. The van der Waals surface area contributed by atoms with E-state index < -0.39 is 5.60 Å². The van der Waals surface area contributed by atoms with E-state index in [0.29, 0.717) is 24.7 Å². The molecule has 2 N–H and O–H groups in total. The van der Waals surface area contributed by atoms with E-state index in [0.717, 1.165) is 12.5 Å². The number of piperidine rings is 2. The SMILES string of the molecule is CN=C(NCC(C)CN(C)C(=O)OC(C)(C)C)NC1CC2CCCC(C1)N2C.I. The zero-order valence-electron chi connectivity index (χ0n) is 19.3. The van der Waals surface area contributed by atoms with E-state index in [4.69, 9.17) is 4.74 Å². The number of nitrogens with one attached hydrogen (secondary N) is 2. The van der Waals surface area contributed by atoms with Crippen molar-refractivity contribution in [1.29, 1.82) is 0 Å². The van der Waals surface area contributed by atoms with Gasteiger partial charge in [0.15, 0.2) is 5.96 Å². The van der Waals surface area contributed by atoms with Gasteiger partial charge in [-0.25, -0.2) is 4.79 Å². The molecule has 3 atom stereocenters. The molecule has 2 heterocycles. The van der Waals surface area contributed by atoms with Crippen molar-refractivity contribution in [3.8, 4) is 0 Å². The van der Waals surface area contributed by atoms with E-state index in [1.165, 1.54) is 32.1 Å². The Hall–Kier alpha value is -0.770. The second-order valence-electron chi connectivity index (χ2n) is 9.64. The van der Waals surface area contributed by atoms with Crippen molar-refractivity contribution in [1.82, 2.24) is 20.4 Å². The highest BCUT2D eigenvalue weighted by Gasteiger charge is 2.36. The van der Waals surface area contributed by atoms with Crippen molar-refractivity contribution in [2.24, 2.45) is 10.9 Å². The van der Waals surface area contributed by atoms with Crippen LogP contribution in [0.4, 0.5) is 4.79 Å². The molecule has 29 heavy (non-hydrogen) atoms. The van der Waals surface area contributed by atoms with Gasteiger partial charge >= 0.3 is 6.09 Å². The molecule has 3 unspecified atom stereocenters. The predicted molar refractivity (Wildman–Crippen MR) is 130 cm³/mol. The Labute approximate surface area is 194 Å². The van der Waals surface area contributed by atoms with Gasteiger partial charge in [0, 0.05) is 45.3 Å². The first-order valence-electron chi connectivity index (χ1n) is 10.7. The van der Waals surface area contributed by atoms with Crippen LogP contribution in [0.1, 0.15) is 59.8 Å². The second kappa shape index (κ2) is 11.6. The normalized spacial score (nSPS) is 26.2. The largest absolute Gasteiger partial charge is 0.444 e. The zero-order chi connectivity index (χ0) is 20.9. The molecule has 2 bridgehead atoms. The maximum absolute atomic E-state index is 12.1. The number of nitrogens with zero attached hydrogens (tertiary/aromatic N) is 3. The zero-order valence-corrected chi connectivity index (χ0v) is 21.7. The van der Waals surface area contributed by atoms with E-state index in [2.05, 4.69) is 34.5 Å². The standard InChI is InChI=1S/C21H41N5O2.HI/c1-15(14-25(6)20(27)28-21(2,3)4)13-23-19(22-5)24-16-11-17-9-8-10-18(12-16)26(17)7;/h15-18H,8-14H2,1-7H3,(H2,22,23,24);1H. The summed E-state index contributed by atoms with van der Waals surface area (Å²) in [5, 5.41) is 7.06. The number of hydrogen-bond donors (Lipinski definition) is 2. The van der Waals surface area contributed by atoms with Crippen LogP contribution in [0.15, 0.2) is 4.99 Å². The van der Waals surface area contributed by atoms with Gasteiger partial charge in [-0.2, -0.15) is 0 Å². The smallest absolute Gasteiger partial charge is 0.410 e. The molecule has 0 radical (unpaired) electrons. The highest BCUT2D eigenvalue weighted by Crippen LogP contribution is 2.32. The molecule has 2 rings (SSSR count). The quantitative estimate of drug-likeness (QED) is 0.329. The van der Waals surface area contributed by atoms with Crippen LogP contribution in [0.25, 0.3) is 0 Å². The van der Waals surface area contributed by atoms with Crippen LogP contribution in [-0.2, 0) is 4.74 Å². The Morgan fingerprint density at radius 2 is 1.86 bits per heavy atom. The van der Waals surface area contributed by atoms with E-state index in [-0.39, 0.29) is 36.0 Å². The molecule has 0 aliphatic carbocycles. The molecule has 1 amide bonds. The Bertz CT molecular complexity index is 538. The Morgan fingerprint density at radius 1 is 1.28 bits per heavy atom. The minimum absolute atomic E-state index is 0. The number of carbonyl (C=O) groups excluding carboxylic acids is 1. The first-order chi connectivity index (χ1) is 13.1. The van der Waals surface area contributed by atoms with Crippen molar-refractivity contribution >= 4 is 36.0 Å². The Kier molecular flexibility index (Phi) is 10.5. The Balaban J connectivity index is 0.00000420. The van der Waals surface area contributed by atoms with Gasteiger partial charge in [0.05, 0.1) is 0 Å². The maximum atomic E-state index is 12.1. The van der Waals surface area contributed by atoms with Gasteiger partial charge in [0.25, 0.3) is 0 Å². The molecule has 7 nitrogen and oxygen atoms in total. The number of hydrogen-bond acceptors (Lipinski definition) is 4. The topological polar surface area (TPSA) is 69.2 Å². The molecule has 0 saturated carbocycles. The summed E-state index contributed by atoms with van der Waals surface area (Å²) in [5.41, 5.74) is -0.467. The maximum Gasteiger partial charge on any atom is 0.410 e. The molecule has 2 fully saturated rings. The van der Waals surface area contributed by atoms with Gasteiger partial charge in [-0.15, -0.1) is 24.0 Å². The summed E-state index contributed by atoms with van der Waals surface area (Å²) in [6.45, 7) is 9.17. The predicted octanol–water partition coefficient (Wildman–Crippen LogP) is 3.29. The van der Waals surface area contributed by atoms with E-state index >= 15 is 0 Å². The molecule has 2 aliphatic rings. The number of amides is 1. The van der Waals surface area contributed by atoms with Gasteiger partial charge in [-0.05, 0) is 59.4 Å². The number of carbonyl (C=O) groups is 1. The molecule has 0 aromatic rings. The summed E-state index contributed by atoms with van der Waals surface area (Å²) in [7, 11) is 5.89. The summed E-state index contributed by atoms with van der Waals surface area (Å²) >= 11 is 0. The number of ether oxygens (including phenoxy) is 1. The minimum atomic E-state index is -0.467. The average molecular weight is 524 g/mol. The summed E-state index contributed by atoms with van der Waals surface area (Å²) < 4.78 is 5.42. The molecule has 0 spiro atoms. The summed E-state index contributed by atoms with van der Waals surface area (Å²) in [4.78, 5) is 20.7. The van der Waals surface area contributed by atoms with Crippen molar-refractivity contribution in [3.05, 3.63) is 0 Å². The van der Waals surface area contributed by atoms with Crippen LogP contribution >= 0.6 is 24.0 Å². The van der Waals surface area contributed by atoms with Crippen LogP contribution in [0.5, 0.6) is 0 Å². The van der Waals surface area contributed by atoms with Gasteiger partial charge in [-0.1, -0.05) is 13.3 Å². The lowest BCUT2D eigenvalue weighted by Gasteiger charge is -2.47. The number of fused-ring (bicyclic) bond motifs is 2. The molecule has 0 aromatic heterocycles. The van der Waals surface area contributed by atoms with Crippen LogP contribution < -0.4 is 10.6 Å². The minimum Gasteiger partial charge on any atom is -0.444 e. The van der Waals surface area contributed by atoms with Crippen LogP contribution in [0.3, 0.4) is 0 Å². The Morgan fingerprint density at radius 3 is 2.38 bits per heavy atom. The first kappa shape index (κ1) is 26.3. The number of aliphatic imine (C=N–C) groups is 1. The molecule has 8 heteroatoms. The summed E-state index contributed by atoms with van der Waals surface area (Å²) in [6, 6.07) is 1.88. The van der Waals surface area contributed by atoms with Gasteiger partial charge in [0.2, 0.25) is 0 Å². The van der Waals surface area contributed by atoms with Gasteiger partial charge in [0.1, 0.15) is 5.60 Å². The van der Waals surface area contributed by atoms with Crippen LogP contribution in [0, 0.1) is 5.92 Å². The lowest BCUT2D eigenvalue weighted by Crippen LogP contribution is -2.57. The summed E-state index contributed by atoms with van der Waals surface area (Å²) in [5.74, 6) is 1.15. The monoisotopic (exact) mass is 523 g/mol. The first-order valence-corrected chi connectivity index (χ1v) is 10.7. The van der Waals surface area contributed by atoms with Crippen molar-refractivity contribution in [3.63, 3.8) is 0 Å². The second-order valence-corrected chi connectivity index (χ2v) is 9.64. The fraction of sp³-hybridized carbons (Fsp3) is 0.905.